The lowest BCUT2D eigenvalue weighted by Crippen LogP contribution is -2.32. The monoisotopic (exact) mass is 227 g/mol. The van der Waals surface area contributed by atoms with Crippen LogP contribution in [0.2, 0.25) is 0 Å². The quantitative estimate of drug-likeness (QED) is 0.842. The van der Waals surface area contributed by atoms with Crippen LogP contribution in [0.4, 0.5) is 8.78 Å². The molecule has 0 saturated carbocycles. The van der Waals surface area contributed by atoms with Crippen LogP contribution in [0.5, 0.6) is 0 Å². The van der Waals surface area contributed by atoms with Crippen LogP contribution in [-0.2, 0) is 4.79 Å². The Morgan fingerprint density at radius 1 is 1.31 bits per heavy atom. The number of rotatable bonds is 4. The lowest BCUT2D eigenvalue weighted by atomic mass is 10.0. The summed E-state index contributed by atoms with van der Waals surface area (Å²) in [5, 5.41) is 2.31. The molecule has 16 heavy (non-hydrogen) atoms. The van der Waals surface area contributed by atoms with Crippen molar-refractivity contribution in [2.24, 2.45) is 0 Å². The van der Waals surface area contributed by atoms with Crippen LogP contribution in [0.25, 0.3) is 0 Å². The summed E-state index contributed by atoms with van der Waals surface area (Å²) >= 11 is 0. The minimum absolute atomic E-state index is 0.345. The van der Waals surface area contributed by atoms with Gasteiger partial charge in [0.05, 0.1) is 6.04 Å². The standard InChI is InChI=1S/C12H15F2NO/c1-3-10(15-12(16)11(13)14)9-6-4-8(2)5-7-9/h4-7,10-11H,3H2,1-2H3,(H,15,16). The molecule has 1 rings (SSSR count). The maximum atomic E-state index is 12.1. The number of benzene rings is 1. The van der Waals surface area contributed by atoms with E-state index in [1.807, 2.05) is 38.1 Å². The Morgan fingerprint density at radius 2 is 1.88 bits per heavy atom. The molecule has 4 heteroatoms. The molecule has 0 aliphatic heterocycles. The molecule has 0 spiro atoms. The van der Waals surface area contributed by atoms with Crippen molar-refractivity contribution in [3.05, 3.63) is 35.4 Å². The molecule has 0 radical (unpaired) electrons. The minimum atomic E-state index is -2.96. The van der Waals surface area contributed by atoms with E-state index in [4.69, 9.17) is 0 Å². The Hall–Kier alpha value is -1.45. The smallest absolute Gasteiger partial charge is 0.315 e. The number of carbonyl (C=O) groups excluding carboxylic acids is 1. The Kier molecular flexibility index (Phi) is 4.40. The molecule has 0 fully saturated rings. The molecule has 0 heterocycles. The van der Waals surface area contributed by atoms with Crippen LogP contribution in [0.15, 0.2) is 24.3 Å². The number of amides is 1. The number of alkyl halides is 2. The highest BCUT2D eigenvalue weighted by Crippen LogP contribution is 2.17. The van der Waals surface area contributed by atoms with Crippen molar-refractivity contribution < 1.29 is 13.6 Å². The van der Waals surface area contributed by atoms with Crippen molar-refractivity contribution in [3.63, 3.8) is 0 Å². The third-order valence-electron chi connectivity index (χ3n) is 2.40. The molecule has 0 aliphatic rings. The minimum Gasteiger partial charge on any atom is -0.344 e. The second-order valence-electron chi connectivity index (χ2n) is 3.68. The zero-order valence-corrected chi connectivity index (χ0v) is 9.34. The van der Waals surface area contributed by atoms with Gasteiger partial charge in [-0.15, -0.1) is 0 Å². The lowest BCUT2D eigenvalue weighted by Gasteiger charge is -2.17. The zero-order chi connectivity index (χ0) is 12.1. The van der Waals surface area contributed by atoms with E-state index in [9.17, 15) is 13.6 Å². The first-order valence-electron chi connectivity index (χ1n) is 5.19. The van der Waals surface area contributed by atoms with Gasteiger partial charge in [-0.1, -0.05) is 36.8 Å². The number of hydrogen-bond donors (Lipinski definition) is 1. The number of nitrogens with one attached hydrogen (secondary N) is 1. The summed E-state index contributed by atoms with van der Waals surface area (Å²) in [5.41, 5.74) is 1.95. The highest BCUT2D eigenvalue weighted by molar-refractivity contribution is 5.79. The molecule has 1 aromatic rings. The highest BCUT2D eigenvalue weighted by Gasteiger charge is 2.19. The Bertz CT molecular complexity index is 349. The predicted molar refractivity (Wildman–Crippen MR) is 58.4 cm³/mol. The van der Waals surface area contributed by atoms with Crippen LogP contribution in [0, 0.1) is 6.92 Å². The van der Waals surface area contributed by atoms with Gasteiger partial charge in [-0.25, -0.2) is 0 Å². The molecule has 1 unspecified atom stereocenters. The van der Waals surface area contributed by atoms with Crippen LogP contribution >= 0.6 is 0 Å². The van der Waals surface area contributed by atoms with Gasteiger partial charge in [0.2, 0.25) is 0 Å². The van der Waals surface area contributed by atoms with Gasteiger partial charge in [0.15, 0.2) is 0 Å². The molecule has 1 amide bonds. The molecule has 1 N–H and O–H groups in total. The maximum absolute atomic E-state index is 12.1. The largest absolute Gasteiger partial charge is 0.344 e. The fraction of sp³-hybridized carbons (Fsp3) is 0.417. The van der Waals surface area contributed by atoms with Gasteiger partial charge in [-0.3, -0.25) is 4.79 Å². The predicted octanol–water partition coefficient (Wildman–Crippen LogP) is 2.83. The molecule has 0 aliphatic carbocycles. The SMILES string of the molecule is CCC(NC(=O)C(F)F)c1ccc(C)cc1. The van der Waals surface area contributed by atoms with E-state index in [0.717, 1.165) is 11.1 Å². The van der Waals surface area contributed by atoms with E-state index in [2.05, 4.69) is 5.32 Å². The zero-order valence-electron chi connectivity index (χ0n) is 9.34. The van der Waals surface area contributed by atoms with Crippen molar-refractivity contribution in [3.8, 4) is 0 Å². The fourth-order valence-corrected chi connectivity index (χ4v) is 1.45. The first kappa shape index (κ1) is 12.6. The van der Waals surface area contributed by atoms with Crippen molar-refractivity contribution in [1.29, 1.82) is 0 Å². The maximum Gasteiger partial charge on any atom is 0.315 e. The van der Waals surface area contributed by atoms with Crippen LogP contribution < -0.4 is 5.32 Å². The van der Waals surface area contributed by atoms with Crippen LogP contribution in [0.1, 0.15) is 30.5 Å². The third kappa shape index (κ3) is 3.29. The van der Waals surface area contributed by atoms with Gasteiger partial charge in [0, 0.05) is 0 Å². The number of hydrogen-bond acceptors (Lipinski definition) is 1. The summed E-state index contributed by atoms with van der Waals surface area (Å²) in [6, 6.07) is 7.13. The average molecular weight is 227 g/mol. The lowest BCUT2D eigenvalue weighted by molar-refractivity contribution is -0.132. The van der Waals surface area contributed by atoms with E-state index in [0.29, 0.717) is 6.42 Å². The van der Waals surface area contributed by atoms with E-state index >= 15 is 0 Å². The van der Waals surface area contributed by atoms with Crippen LogP contribution in [0.3, 0.4) is 0 Å². The Morgan fingerprint density at radius 3 is 2.31 bits per heavy atom. The summed E-state index contributed by atoms with van der Waals surface area (Å²) < 4.78 is 24.2. The summed E-state index contributed by atoms with van der Waals surface area (Å²) in [4.78, 5) is 10.9. The molecular formula is C12H15F2NO. The highest BCUT2D eigenvalue weighted by atomic mass is 19.3. The van der Waals surface area contributed by atoms with Crippen LogP contribution in [-0.4, -0.2) is 12.3 Å². The van der Waals surface area contributed by atoms with Crippen molar-refractivity contribution in [2.45, 2.75) is 32.7 Å². The van der Waals surface area contributed by atoms with Gasteiger partial charge in [-0.2, -0.15) is 8.78 Å². The summed E-state index contributed by atoms with van der Waals surface area (Å²) in [5.74, 6) is -1.22. The second-order valence-corrected chi connectivity index (χ2v) is 3.68. The second kappa shape index (κ2) is 5.58. The average Bonchev–Trinajstić information content (AvgIpc) is 2.26. The van der Waals surface area contributed by atoms with Gasteiger partial charge in [-0.05, 0) is 18.9 Å². The fourth-order valence-electron chi connectivity index (χ4n) is 1.45. The normalized spacial score (nSPS) is 12.6. The molecule has 0 saturated heterocycles. The van der Waals surface area contributed by atoms with Gasteiger partial charge in [0.25, 0.3) is 5.91 Å². The number of aryl methyl sites for hydroxylation is 1. The number of carbonyl (C=O) groups is 1. The third-order valence-corrected chi connectivity index (χ3v) is 2.40. The molecule has 1 atom stereocenters. The first-order chi connectivity index (χ1) is 7.54. The molecule has 2 nitrogen and oxygen atoms in total. The van der Waals surface area contributed by atoms with Gasteiger partial charge in [0.1, 0.15) is 0 Å². The Balaban J connectivity index is 2.74. The Labute approximate surface area is 93.7 Å². The first-order valence-corrected chi connectivity index (χ1v) is 5.19. The van der Waals surface area contributed by atoms with E-state index in [-0.39, 0.29) is 6.04 Å². The molecular weight excluding hydrogens is 212 g/mol. The summed E-state index contributed by atoms with van der Waals surface area (Å²) in [6.07, 6.45) is -2.37. The van der Waals surface area contributed by atoms with E-state index in [1.54, 1.807) is 0 Å². The van der Waals surface area contributed by atoms with Gasteiger partial charge >= 0.3 is 6.43 Å². The van der Waals surface area contributed by atoms with E-state index < -0.39 is 12.3 Å². The van der Waals surface area contributed by atoms with E-state index in [1.165, 1.54) is 0 Å². The molecule has 0 bridgehead atoms. The van der Waals surface area contributed by atoms with Crippen molar-refractivity contribution in [2.75, 3.05) is 0 Å². The molecule has 0 aromatic heterocycles. The van der Waals surface area contributed by atoms with Crippen molar-refractivity contribution >= 4 is 5.91 Å². The van der Waals surface area contributed by atoms with Crippen molar-refractivity contribution in [1.82, 2.24) is 5.32 Å². The molecule has 1 aromatic carbocycles. The topological polar surface area (TPSA) is 29.1 Å². The molecule has 88 valence electrons. The summed E-state index contributed by atoms with van der Waals surface area (Å²) in [6.45, 7) is 3.79. The van der Waals surface area contributed by atoms with Gasteiger partial charge < -0.3 is 5.32 Å². The summed E-state index contributed by atoms with van der Waals surface area (Å²) in [7, 11) is 0. The number of halogens is 2.